The van der Waals surface area contributed by atoms with Crippen LogP contribution in [0, 0.1) is 6.92 Å². The van der Waals surface area contributed by atoms with Gasteiger partial charge in [-0.2, -0.15) is 0 Å². The average Bonchev–Trinajstić information content (AvgIpc) is 2.71. The van der Waals surface area contributed by atoms with Crippen molar-refractivity contribution < 1.29 is 4.74 Å². The third-order valence-corrected chi connectivity index (χ3v) is 4.21. The lowest BCUT2D eigenvalue weighted by Crippen LogP contribution is -2.32. The first-order valence-electron chi connectivity index (χ1n) is 6.48. The van der Waals surface area contributed by atoms with Gasteiger partial charge in [0.25, 0.3) is 0 Å². The molecule has 1 N–H and O–H groups in total. The van der Waals surface area contributed by atoms with Crippen molar-refractivity contribution in [3.05, 3.63) is 10.6 Å². The van der Waals surface area contributed by atoms with Crippen LogP contribution >= 0.6 is 11.3 Å². The quantitative estimate of drug-likeness (QED) is 0.737. The van der Waals surface area contributed by atoms with Crippen molar-refractivity contribution in [3.63, 3.8) is 0 Å². The van der Waals surface area contributed by atoms with Crippen molar-refractivity contribution in [1.82, 2.24) is 10.3 Å². The number of hydrogen-bond acceptors (Lipinski definition) is 5. The van der Waals surface area contributed by atoms with E-state index in [1.807, 2.05) is 0 Å². The van der Waals surface area contributed by atoms with Crippen LogP contribution < -0.4 is 10.2 Å². The number of likely N-dealkylation sites (N-methyl/N-ethyl adjacent to an activating group) is 1. The maximum Gasteiger partial charge on any atom is 0.185 e. The van der Waals surface area contributed by atoms with Crippen LogP contribution in [0.5, 0.6) is 0 Å². The fourth-order valence-electron chi connectivity index (χ4n) is 1.65. The number of rotatable bonds is 8. The zero-order chi connectivity index (χ0) is 13.5. The maximum atomic E-state index is 5.19. The predicted molar refractivity (Wildman–Crippen MR) is 78.6 cm³/mol. The van der Waals surface area contributed by atoms with Crippen LogP contribution in [0.3, 0.4) is 0 Å². The highest BCUT2D eigenvalue weighted by molar-refractivity contribution is 7.15. The van der Waals surface area contributed by atoms with Crippen LogP contribution in [-0.4, -0.2) is 38.3 Å². The van der Waals surface area contributed by atoms with Gasteiger partial charge in [0.15, 0.2) is 5.13 Å². The highest BCUT2D eigenvalue weighted by Gasteiger charge is 2.15. The number of methoxy groups -OCH3 is 1. The van der Waals surface area contributed by atoms with Gasteiger partial charge >= 0.3 is 0 Å². The zero-order valence-corrected chi connectivity index (χ0v) is 12.9. The Morgan fingerprint density at radius 1 is 1.50 bits per heavy atom. The number of nitrogens with zero attached hydrogens (tertiary/aromatic N) is 2. The molecule has 0 aliphatic rings. The number of nitrogens with one attached hydrogen (secondary N) is 1. The zero-order valence-electron chi connectivity index (χ0n) is 12.1. The molecule has 0 saturated heterocycles. The third kappa shape index (κ3) is 4.23. The smallest absolute Gasteiger partial charge is 0.185 e. The lowest BCUT2D eigenvalue weighted by Gasteiger charge is -2.23. The molecule has 5 heteroatoms. The van der Waals surface area contributed by atoms with Gasteiger partial charge in [-0.05, 0) is 26.8 Å². The molecule has 1 atom stereocenters. The van der Waals surface area contributed by atoms with Crippen molar-refractivity contribution in [3.8, 4) is 0 Å². The van der Waals surface area contributed by atoms with Crippen molar-refractivity contribution >= 4 is 16.5 Å². The van der Waals surface area contributed by atoms with Gasteiger partial charge in [-0.15, -0.1) is 11.3 Å². The molecular weight excluding hydrogens is 246 g/mol. The number of thiazole rings is 1. The Balaban J connectivity index is 2.64. The second kappa shape index (κ2) is 7.71. The molecule has 104 valence electrons. The number of anilines is 1. The van der Waals surface area contributed by atoms with E-state index >= 15 is 0 Å². The van der Waals surface area contributed by atoms with Gasteiger partial charge < -0.3 is 15.0 Å². The summed E-state index contributed by atoms with van der Waals surface area (Å²) < 4.78 is 5.19. The van der Waals surface area contributed by atoms with E-state index in [-0.39, 0.29) is 0 Å². The minimum Gasteiger partial charge on any atom is -0.383 e. The Hall–Kier alpha value is -0.650. The van der Waals surface area contributed by atoms with E-state index in [0.29, 0.717) is 6.04 Å². The molecule has 1 rings (SSSR count). The summed E-state index contributed by atoms with van der Waals surface area (Å²) in [5, 5.41) is 4.50. The average molecular weight is 271 g/mol. The minimum atomic E-state index is 0.344. The molecule has 0 aromatic carbocycles. The van der Waals surface area contributed by atoms with Crippen molar-refractivity contribution in [2.75, 3.05) is 32.2 Å². The highest BCUT2D eigenvalue weighted by atomic mass is 32.1. The first-order chi connectivity index (χ1) is 8.60. The van der Waals surface area contributed by atoms with Crippen LogP contribution in [0.2, 0.25) is 0 Å². The Labute approximate surface area is 114 Å². The van der Waals surface area contributed by atoms with Gasteiger partial charge in [-0.3, -0.25) is 0 Å². The maximum absolute atomic E-state index is 5.19. The van der Waals surface area contributed by atoms with Gasteiger partial charge in [0, 0.05) is 25.6 Å². The second-order valence-electron chi connectivity index (χ2n) is 4.60. The van der Waals surface area contributed by atoms with Crippen molar-refractivity contribution in [1.29, 1.82) is 0 Å². The van der Waals surface area contributed by atoms with E-state index in [4.69, 9.17) is 4.74 Å². The van der Waals surface area contributed by atoms with Crippen LogP contribution in [0.4, 0.5) is 5.13 Å². The van der Waals surface area contributed by atoms with E-state index in [1.165, 1.54) is 4.88 Å². The Kier molecular flexibility index (Phi) is 6.60. The van der Waals surface area contributed by atoms with Crippen LogP contribution in [-0.2, 0) is 11.3 Å². The van der Waals surface area contributed by atoms with Gasteiger partial charge in [0.2, 0.25) is 0 Å². The molecule has 0 amide bonds. The topological polar surface area (TPSA) is 37.4 Å². The molecule has 0 radical (unpaired) electrons. The Bertz CT molecular complexity index is 354. The monoisotopic (exact) mass is 271 g/mol. The Morgan fingerprint density at radius 3 is 2.83 bits per heavy atom. The van der Waals surface area contributed by atoms with Crippen molar-refractivity contribution in [2.45, 2.75) is 39.8 Å². The van der Waals surface area contributed by atoms with Gasteiger partial charge in [0.05, 0.1) is 18.3 Å². The molecular formula is C13H25N3OS. The van der Waals surface area contributed by atoms with Crippen LogP contribution in [0.25, 0.3) is 0 Å². The minimum absolute atomic E-state index is 0.344. The summed E-state index contributed by atoms with van der Waals surface area (Å²) in [4.78, 5) is 8.16. The van der Waals surface area contributed by atoms with Gasteiger partial charge in [0.1, 0.15) is 0 Å². The van der Waals surface area contributed by atoms with Gasteiger partial charge in [-0.1, -0.05) is 6.92 Å². The molecule has 0 bridgehead atoms. The normalized spacial score (nSPS) is 12.7. The molecule has 1 aromatic heterocycles. The number of ether oxygens (including phenoxy) is 1. The largest absolute Gasteiger partial charge is 0.383 e. The molecule has 1 aromatic rings. The second-order valence-corrected chi connectivity index (χ2v) is 5.66. The summed E-state index contributed by atoms with van der Waals surface area (Å²) in [7, 11) is 3.81. The first kappa shape index (κ1) is 15.4. The molecule has 0 aliphatic carbocycles. The molecule has 4 nitrogen and oxygen atoms in total. The third-order valence-electron chi connectivity index (χ3n) is 2.96. The molecule has 0 saturated carbocycles. The number of aromatic nitrogens is 1. The highest BCUT2D eigenvalue weighted by Crippen LogP contribution is 2.26. The van der Waals surface area contributed by atoms with Crippen LogP contribution in [0.15, 0.2) is 0 Å². The summed E-state index contributed by atoms with van der Waals surface area (Å²) in [5.74, 6) is 0. The molecule has 1 heterocycles. The van der Waals surface area contributed by atoms with Gasteiger partial charge in [-0.25, -0.2) is 4.98 Å². The molecule has 0 aliphatic heterocycles. The number of aryl methyl sites for hydroxylation is 1. The summed E-state index contributed by atoms with van der Waals surface area (Å²) in [6, 6.07) is 0.344. The SMILES string of the molecule is CCCNCc1sc(N(C)C(C)COC)nc1C. The lowest BCUT2D eigenvalue weighted by molar-refractivity contribution is 0.183. The lowest BCUT2D eigenvalue weighted by atomic mass is 10.3. The fourth-order valence-corrected chi connectivity index (χ4v) is 2.74. The first-order valence-corrected chi connectivity index (χ1v) is 7.30. The molecule has 1 unspecified atom stereocenters. The standard InChI is InChI=1S/C13H25N3OS/c1-6-7-14-8-12-11(3)15-13(18-12)16(4)10(2)9-17-5/h10,14H,6-9H2,1-5H3. The Morgan fingerprint density at radius 2 is 2.22 bits per heavy atom. The summed E-state index contributed by atoms with van der Waals surface area (Å²) in [6.07, 6.45) is 1.16. The summed E-state index contributed by atoms with van der Waals surface area (Å²) in [6.45, 7) is 9.11. The van der Waals surface area contributed by atoms with E-state index in [0.717, 1.165) is 36.9 Å². The van der Waals surface area contributed by atoms with Crippen molar-refractivity contribution in [2.24, 2.45) is 0 Å². The number of hydrogen-bond donors (Lipinski definition) is 1. The fraction of sp³-hybridized carbons (Fsp3) is 0.769. The van der Waals surface area contributed by atoms with E-state index in [2.05, 4.69) is 43.0 Å². The molecule has 18 heavy (non-hydrogen) atoms. The molecule has 0 fully saturated rings. The van der Waals surface area contributed by atoms with E-state index in [9.17, 15) is 0 Å². The summed E-state index contributed by atoms with van der Waals surface area (Å²) in [5.41, 5.74) is 1.13. The predicted octanol–water partition coefficient (Wildman–Crippen LogP) is 2.42. The van der Waals surface area contributed by atoms with E-state index in [1.54, 1.807) is 18.4 Å². The van der Waals surface area contributed by atoms with Crippen LogP contribution in [0.1, 0.15) is 30.8 Å². The summed E-state index contributed by atoms with van der Waals surface area (Å²) >= 11 is 1.77. The molecule has 0 spiro atoms. The van der Waals surface area contributed by atoms with E-state index < -0.39 is 0 Å².